The molecule has 1 amide bonds. The Bertz CT molecular complexity index is 1790. The minimum atomic E-state index is -0.161. The lowest BCUT2D eigenvalue weighted by molar-refractivity contribution is 0.0988. The number of aromatic nitrogens is 4. The molecule has 0 unspecified atom stereocenters. The van der Waals surface area contributed by atoms with Crippen LogP contribution in [-0.4, -0.2) is 46.8 Å². The fraction of sp³-hybridized carbons (Fsp3) is 0.185. The van der Waals surface area contributed by atoms with Crippen molar-refractivity contribution < 1.29 is 23.4 Å². The van der Waals surface area contributed by atoms with Gasteiger partial charge in [0.25, 0.3) is 11.1 Å². The highest BCUT2D eigenvalue weighted by Crippen LogP contribution is 2.37. The van der Waals surface area contributed by atoms with E-state index in [2.05, 4.69) is 15.1 Å². The van der Waals surface area contributed by atoms with Crippen LogP contribution in [0.5, 0.6) is 16.7 Å². The average molecular weight is 562 g/mol. The summed E-state index contributed by atoms with van der Waals surface area (Å²) in [6.45, 7) is 2.16. The van der Waals surface area contributed by atoms with E-state index in [9.17, 15) is 4.79 Å². The van der Waals surface area contributed by atoms with E-state index in [0.29, 0.717) is 44.4 Å². The molecule has 0 aliphatic heterocycles. The van der Waals surface area contributed by atoms with E-state index in [1.165, 1.54) is 22.7 Å². The number of aryl methyl sites for hydroxylation is 1. The van der Waals surface area contributed by atoms with Crippen molar-refractivity contribution in [3.63, 3.8) is 0 Å². The molecule has 0 spiro atoms. The SMILES string of the molecule is COc1cc(OCc2cccc(N(C)C(=O)c3csc(C)n3)c2)c2cc(-c3cn4nc(OC)sc4n3)oc2c1. The molecule has 10 nitrogen and oxygen atoms in total. The highest BCUT2D eigenvalue weighted by molar-refractivity contribution is 7.18. The first-order valence-corrected chi connectivity index (χ1v) is 13.6. The minimum Gasteiger partial charge on any atom is -0.496 e. The number of carbonyl (C=O) groups is 1. The van der Waals surface area contributed by atoms with Crippen LogP contribution in [0.3, 0.4) is 0 Å². The molecule has 0 atom stereocenters. The van der Waals surface area contributed by atoms with Gasteiger partial charge in [-0.1, -0.05) is 12.1 Å². The van der Waals surface area contributed by atoms with Crippen molar-refractivity contribution in [3.05, 3.63) is 70.3 Å². The Labute approximate surface area is 231 Å². The van der Waals surface area contributed by atoms with Crippen LogP contribution in [0.15, 0.2) is 58.5 Å². The summed E-state index contributed by atoms with van der Waals surface area (Å²) in [6.07, 6.45) is 1.79. The summed E-state index contributed by atoms with van der Waals surface area (Å²) in [5.74, 6) is 1.63. The summed E-state index contributed by atoms with van der Waals surface area (Å²) in [5.41, 5.74) is 3.34. The monoisotopic (exact) mass is 561 g/mol. The molecular formula is C27H23N5O5S2. The molecular weight excluding hydrogens is 538 g/mol. The number of fused-ring (bicyclic) bond motifs is 2. The van der Waals surface area contributed by atoms with Gasteiger partial charge in [-0.2, -0.15) is 0 Å². The summed E-state index contributed by atoms with van der Waals surface area (Å²) in [6, 6.07) is 13.2. The van der Waals surface area contributed by atoms with E-state index in [-0.39, 0.29) is 12.5 Å². The van der Waals surface area contributed by atoms with Gasteiger partial charge in [-0.3, -0.25) is 4.79 Å². The topological polar surface area (TPSA) is 104 Å². The molecule has 0 fully saturated rings. The molecule has 0 saturated heterocycles. The van der Waals surface area contributed by atoms with E-state index in [1.807, 2.05) is 49.4 Å². The predicted molar refractivity (Wildman–Crippen MR) is 150 cm³/mol. The average Bonchev–Trinajstić information content (AvgIpc) is 3.73. The Morgan fingerprint density at radius 2 is 2.00 bits per heavy atom. The van der Waals surface area contributed by atoms with Crippen molar-refractivity contribution in [2.75, 3.05) is 26.2 Å². The van der Waals surface area contributed by atoms with Gasteiger partial charge in [0.05, 0.1) is 30.8 Å². The van der Waals surface area contributed by atoms with Gasteiger partial charge in [-0.25, -0.2) is 14.5 Å². The minimum absolute atomic E-state index is 0.161. The van der Waals surface area contributed by atoms with Gasteiger partial charge < -0.3 is 23.5 Å². The first-order chi connectivity index (χ1) is 18.9. The molecule has 0 radical (unpaired) electrons. The number of hydrogen-bond donors (Lipinski definition) is 0. The third-order valence-electron chi connectivity index (χ3n) is 6.10. The number of imidazole rings is 1. The Kier molecular flexibility index (Phi) is 6.41. The smallest absolute Gasteiger partial charge is 0.294 e. The molecule has 12 heteroatoms. The van der Waals surface area contributed by atoms with Gasteiger partial charge in [0.2, 0.25) is 4.96 Å². The molecule has 0 bridgehead atoms. The standard InChI is InChI=1S/C27H23N5O5S2/c1-15-28-21(14-38-15)25(33)31(2)17-7-5-6-16(8-17)13-36-22-9-18(34-3)10-23-19(22)11-24(37-23)20-12-32-26(29-20)39-27(30-32)35-4/h5-12,14H,13H2,1-4H3. The summed E-state index contributed by atoms with van der Waals surface area (Å²) >= 11 is 2.80. The summed E-state index contributed by atoms with van der Waals surface area (Å²) in [7, 11) is 4.91. The van der Waals surface area contributed by atoms with Crippen LogP contribution in [0.2, 0.25) is 0 Å². The largest absolute Gasteiger partial charge is 0.496 e. The summed E-state index contributed by atoms with van der Waals surface area (Å²) < 4.78 is 24.7. The normalized spacial score (nSPS) is 11.3. The Morgan fingerprint density at radius 3 is 2.74 bits per heavy atom. The van der Waals surface area contributed by atoms with Gasteiger partial charge in [-0.15, -0.1) is 16.4 Å². The van der Waals surface area contributed by atoms with E-state index in [4.69, 9.17) is 18.6 Å². The molecule has 6 aromatic rings. The number of benzene rings is 2. The zero-order chi connectivity index (χ0) is 27.1. The number of thiazole rings is 1. The van der Waals surface area contributed by atoms with E-state index in [1.54, 1.807) is 42.3 Å². The van der Waals surface area contributed by atoms with Crippen LogP contribution in [0.25, 0.3) is 27.4 Å². The first-order valence-electron chi connectivity index (χ1n) is 11.9. The highest BCUT2D eigenvalue weighted by Gasteiger charge is 2.19. The third kappa shape index (κ3) is 4.79. The lowest BCUT2D eigenvalue weighted by atomic mass is 10.2. The van der Waals surface area contributed by atoms with Crippen molar-refractivity contribution in [2.45, 2.75) is 13.5 Å². The Balaban J connectivity index is 1.25. The predicted octanol–water partition coefficient (Wildman–Crippen LogP) is 5.84. The van der Waals surface area contributed by atoms with Crippen LogP contribution < -0.4 is 19.1 Å². The van der Waals surface area contributed by atoms with Crippen LogP contribution in [0.4, 0.5) is 5.69 Å². The van der Waals surface area contributed by atoms with Crippen LogP contribution >= 0.6 is 22.7 Å². The number of hydrogen-bond acceptors (Lipinski definition) is 10. The number of methoxy groups -OCH3 is 2. The fourth-order valence-electron chi connectivity index (χ4n) is 4.10. The Morgan fingerprint density at radius 1 is 1.13 bits per heavy atom. The first kappa shape index (κ1) is 24.9. The number of carbonyl (C=O) groups excluding carboxylic acids is 1. The van der Waals surface area contributed by atoms with Crippen molar-refractivity contribution in [1.29, 1.82) is 0 Å². The number of amides is 1. The molecule has 6 rings (SSSR count). The molecule has 4 heterocycles. The van der Waals surface area contributed by atoms with E-state index in [0.717, 1.165) is 21.6 Å². The van der Waals surface area contributed by atoms with Crippen molar-refractivity contribution >= 4 is 50.2 Å². The van der Waals surface area contributed by atoms with Crippen LogP contribution in [-0.2, 0) is 6.61 Å². The Hall–Kier alpha value is -4.42. The number of anilines is 1. The van der Waals surface area contributed by atoms with Gasteiger partial charge >= 0.3 is 0 Å². The molecule has 0 aliphatic rings. The van der Waals surface area contributed by atoms with Crippen LogP contribution in [0.1, 0.15) is 21.1 Å². The lowest BCUT2D eigenvalue weighted by Crippen LogP contribution is -2.26. The maximum atomic E-state index is 12.9. The van der Waals surface area contributed by atoms with E-state index >= 15 is 0 Å². The second-order valence-corrected chi connectivity index (χ2v) is 10.6. The summed E-state index contributed by atoms with van der Waals surface area (Å²) in [5, 5.41) is 8.27. The van der Waals surface area contributed by atoms with Crippen molar-refractivity contribution in [3.8, 4) is 28.1 Å². The number of rotatable bonds is 8. The molecule has 0 aliphatic carbocycles. The van der Waals surface area contributed by atoms with Crippen molar-refractivity contribution in [1.82, 2.24) is 19.6 Å². The highest BCUT2D eigenvalue weighted by atomic mass is 32.1. The molecule has 198 valence electrons. The van der Waals surface area contributed by atoms with Gasteiger partial charge in [0, 0.05) is 30.2 Å². The molecule has 4 aromatic heterocycles. The van der Waals surface area contributed by atoms with Gasteiger partial charge in [-0.05, 0) is 42.0 Å². The quantitative estimate of drug-likeness (QED) is 0.228. The zero-order valence-corrected chi connectivity index (χ0v) is 23.1. The number of furan rings is 1. The van der Waals surface area contributed by atoms with Gasteiger partial charge in [0.1, 0.15) is 35.1 Å². The maximum absolute atomic E-state index is 12.9. The number of ether oxygens (including phenoxy) is 3. The second-order valence-electron chi connectivity index (χ2n) is 8.65. The molecule has 39 heavy (non-hydrogen) atoms. The number of nitrogens with zero attached hydrogens (tertiary/aromatic N) is 5. The fourth-order valence-corrected chi connectivity index (χ4v) is 5.38. The molecule has 0 saturated carbocycles. The van der Waals surface area contributed by atoms with Gasteiger partial charge in [0.15, 0.2) is 5.76 Å². The second kappa shape index (κ2) is 10.0. The maximum Gasteiger partial charge on any atom is 0.294 e. The lowest BCUT2D eigenvalue weighted by Gasteiger charge is -2.17. The van der Waals surface area contributed by atoms with Crippen molar-refractivity contribution in [2.24, 2.45) is 0 Å². The summed E-state index contributed by atoms with van der Waals surface area (Å²) in [4.78, 5) is 24.1. The van der Waals surface area contributed by atoms with Crippen LogP contribution in [0, 0.1) is 6.92 Å². The third-order valence-corrected chi connectivity index (χ3v) is 7.75. The molecule has 0 N–H and O–H groups in total. The molecule has 2 aromatic carbocycles. The van der Waals surface area contributed by atoms with E-state index < -0.39 is 0 Å². The zero-order valence-electron chi connectivity index (χ0n) is 21.5.